The highest BCUT2D eigenvalue weighted by Crippen LogP contribution is 2.36. The number of nitrogens with zero attached hydrogens (tertiary/aromatic N) is 3. The zero-order chi connectivity index (χ0) is 18.8. The van der Waals surface area contributed by atoms with E-state index in [1.165, 1.54) is 12.1 Å². The SMILES string of the molecule is Oc1c(Cl)cc(N=C2N=C(c3ccccc3)N=C2c2ccccc2)cc1Cl. The Labute approximate surface area is 166 Å². The summed E-state index contributed by atoms with van der Waals surface area (Å²) in [4.78, 5) is 13.9. The molecule has 0 unspecified atom stereocenters. The maximum absolute atomic E-state index is 9.75. The van der Waals surface area contributed by atoms with Crippen LogP contribution in [0.4, 0.5) is 5.69 Å². The Balaban J connectivity index is 1.83. The molecule has 3 aromatic rings. The summed E-state index contributed by atoms with van der Waals surface area (Å²) in [6, 6.07) is 22.5. The fourth-order valence-corrected chi connectivity index (χ4v) is 3.13. The quantitative estimate of drug-likeness (QED) is 0.611. The van der Waals surface area contributed by atoms with E-state index in [-0.39, 0.29) is 15.8 Å². The molecule has 1 aliphatic heterocycles. The monoisotopic (exact) mass is 393 g/mol. The van der Waals surface area contributed by atoms with Gasteiger partial charge in [0.05, 0.1) is 15.7 Å². The molecule has 0 aliphatic carbocycles. The summed E-state index contributed by atoms with van der Waals surface area (Å²) >= 11 is 12.0. The number of phenolic OH excluding ortho intramolecular Hbond substituents is 1. The van der Waals surface area contributed by atoms with E-state index in [1.807, 2.05) is 60.7 Å². The highest BCUT2D eigenvalue weighted by atomic mass is 35.5. The van der Waals surface area contributed by atoms with Crippen LogP contribution in [0, 0.1) is 0 Å². The number of amidine groups is 2. The van der Waals surface area contributed by atoms with Gasteiger partial charge in [0.25, 0.3) is 0 Å². The van der Waals surface area contributed by atoms with Gasteiger partial charge in [0.2, 0.25) is 0 Å². The van der Waals surface area contributed by atoms with Crippen LogP contribution < -0.4 is 0 Å². The summed E-state index contributed by atoms with van der Waals surface area (Å²) in [6.07, 6.45) is 0. The minimum absolute atomic E-state index is 0.130. The first-order valence-corrected chi connectivity index (χ1v) is 8.93. The molecule has 0 atom stereocenters. The predicted octanol–water partition coefficient (Wildman–Crippen LogP) is 5.68. The number of aliphatic imine (C=N–C) groups is 3. The van der Waals surface area contributed by atoms with Crippen molar-refractivity contribution in [2.24, 2.45) is 15.0 Å². The topological polar surface area (TPSA) is 57.3 Å². The van der Waals surface area contributed by atoms with Gasteiger partial charge in [-0.3, -0.25) is 0 Å². The van der Waals surface area contributed by atoms with Crippen LogP contribution >= 0.6 is 23.2 Å². The second-order valence-electron chi connectivity index (χ2n) is 5.82. The van der Waals surface area contributed by atoms with Crippen LogP contribution in [0.25, 0.3) is 0 Å². The molecule has 27 heavy (non-hydrogen) atoms. The summed E-state index contributed by atoms with van der Waals surface area (Å²) in [5, 5.41) is 10.0. The molecule has 0 radical (unpaired) electrons. The number of benzene rings is 3. The summed E-state index contributed by atoms with van der Waals surface area (Å²) in [5.41, 5.74) is 2.95. The van der Waals surface area contributed by atoms with Gasteiger partial charge < -0.3 is 5.11 Å². The van der Waals surface area contributed by atoms with Gasteiger partial charge in [0.15, 0.2) is 17.4 Å². The molecule has 0 saturated heterocycles. The average molecular weight is 394 g/mol. The lowest BCUT2D eigenvalue weighted by Gasteiger charge is -2.04. The van der Waals surface area contributed by atoms with E-state index >= 15 is 0 Å². The molecule has 0 aromatic heterocycles. The van der Waals surface area contributed by atoms with Crippen molar-refractivity contribution >= 4 is 46.3 Å². The minimum Gasteiger partial charge on any atom is -0.505 e. The largest absolute Gasteiger partial charge is 0.505 e. The normalized spacial score (nSPS) is 15.0. The van der Waals surface area contributed by atoms with Gasteiger partial charge in [-0.1, -0.05) is 83.9 Å². The van der Waals surface area contributed by atoms with Crippen LogP contribution in [0.1, 0.15) is 11.1 Å². The fraction of sp³-hybridized carbons (Fsp3) is 0. The van der Waals surface area contributed by atoms with Crippen molar-refractivity contribution < 1.29 is 5.11 Å². The number of aromatic hydroxyl groups is 1. The van der Waals surface area contributed by atoms with E-state index in [2.05, 4.69) is 15.0 Å². The van der Waals surface area contributed by atoms with Gasteiger partial charge in [0.1, 0.15) is 5.71 Å². The Morgan fingerprint density at radius 3 is 1.89 bits per heavy atom. The molecule has 0 spiro atoms. The molecule has 0 saturated carbocycles. The maximum Gasteiger partial charge on any atom is 0.181 e. The van der Waals surface area contributed by atoms with Crippen molar-refractivity contribution in [2.45, 2.75) is 0 Å². The van der Waals surface area contributed by atoms with E-state index in [0.29, 0.717) is 23.1 Å². The van der Waals surface area contributed by atoms with Gasteiger partial charge in [-0.15, -0.1) is 0 Å². The second-order valence-corrected chi connectivity index (χ2v) is 6.64. The Hall–Kier alpha value is -2.95. The zero-order valence-electron chi connectivity index (χ0n) is 14.0. The Kier molecular flexibility index (Phi) is 4.75. The van der Waals surface area contributed by atoms with Crippen molar-refractivity contribution in [1.29, 1.82) is 0 Å². The lowest BCUT2D eigenvalue weighted by Crippen LogP contribution is -2.09. The first-order valence-electron chi connectivity index (χ1n) is 8.17. The highest BCUT2D eigenvalue weighted by molar-refractivity contribution is 6.54. The minimum atomic E-state index is -0.167. The molecule has 132 valence electrons. The van der Waals surface area contributed by atoms with E-state index < -0.39 is 0 Å². The predicted molar refractivity (Wildman–Crippen MR) is 111 cm³/mol. The van der Waals surface area contributed by atoms with Crippen molar-refractivity contribution in [1.82, 2.24) is 0 Å². The van der Waals surface area contributed by atoms with Crippen molar-refractivity contribution in [3.63, 3.8) is 0 Å². The van der Waals surface area contributed by atoms with Gasteiger partial charge >= 0.3 is 0 Å². The van der Waals surface area contributed by atoms with Crippen LogP contribution in [0.5, 0.6) is 5.75 Å². The highest BCUT2D eigenvalue weighted by Gasteiger charge is 2.21. The maximum atomic E-state index is 9.75. The number of hydrogen-bond acceptors (Lipinski definition) is 3. The molecule has 1 aliphatic rings. The standard InChI is InChI=1S/C21H13Cl2N3O/c22-16-11-15(12-17(23)19(16)27)24-21-18(13-7-3-1-4-8-13)25-20(26-21)14-9-5-2-6-10-14/h1-12,27H. The summed E-state index contributed by atoms with van der Waals surface area (Å²) in [6.45, 7) is 0. The average Bonchev–Trinajstić information content (AvgIpc) is 3.11. The van der Waals surface area contributed by atoms with Crippen molar-refractivity contribution in [3.8, 4) is 5.75 Å². The molecule has 4 rings (SSSR count). The van der Waals surface area contributed by atoms with Crippen LogP contribution in [-0.4, -0.2) is 22.5 Å². The number of phenols is 1. The van der Waals surface area contributed by atoms with Crippen molar-refractivity contribution in [2.75, 3.05) is 0 Å². The lowest BCUT2D eigenvalue weighted by molar-refractivity contribution is 0.476. The lowest BCUT2D eigenvalue weighted by atomic mass is 10.1. The summed E-state index contributed by atoms with van der Waals surface area (Å²) < 4.78 is 0. The van der Waals surface area contributed by atoms with Gasteiger partial charge in [-0.05, 0) is 12.1 Å². The Morgan fingerprint density at radius 2 is 1.30 bits per heavy atom. The van der Waals surface area contributed by atoms with Gasteiger partial charge in [-0.2, -0.15) is 0 Å². The Morgan fingerprint density at radius 1 is 0.741 bits per heavy atom. The third-order valence-corrected chi connectivity index (χ3v) is 4.53. The smallest absolute Gasteiger partial charge is 0.181 e. The Bertz CT molecular complexity index is 1070. The first-order chi connectivity index (χ1) is 13.1. The van der Waals surface area contributed by atoms with Crippen LogP contribution in [0.2, 0.25) is 10.0 Å². The number of hydrogen-bond donors (Lipinski definition) is 1. The summed E-state index contributed by atoms with van der Waals surface area (Å²) in [5.74, 6) is 0.876. The third kappa shape index (κ3) is 3.63. The molecule has 0 fully saturated rings. The second kappa shape index (κ2) is 7.35. The van der Waals surface area contributed by atoms with Crippen LogP contribution in [0.3, 0.4) is 0 Å². The summed E-state index contributed by atoms with van der Waals surface area (Å²) in [7, 11) is 0. The van der Waals surface area contributed by atoms with Gasteiger partial charge in [0, 0.05) is 11.1 Å². The molecule has 6 heteroatoms. The number of halogens is 2. The molecular formula is C21H13Cl2N3O. The van der Waals surface area contributed by atoms with E-state index in [4.69, 9.17) is 23.2 Å². The van der Waals surface area contributed by atoms with E-state index in [9.17, 15) is 5.11 Å². The molecule has 3 aromatic carbocycles. The molecule has 1 heterocycles. The zero-order valence-corrected chi connectivity index (χ0v) is 15.5. The van der Waals surface area contributed by atoms with Crippen LogP contribution in [-0.2, 0) is 0 Å². The molecular weight excluding hydrogens is 381 g/mol. The van der Waals surface area contributed by atoms with E-state index in [1.54, 1.807) is 0 Å². The molecule has 0 bridgehead atoms. The molecule has 4 nitrogen and oxygen atoms in total. The van der Waals surface area contributed by atoms with Crippen molar-refractivity contribution in [3.05, 3.63) is 94.0 Å². The van der Waals surface area contributed by atoms with Gasteiger partial charge in [-0.25, -0.2) is 15.0 Å². The molecule has 0 amide bonds. The first kappa shape index (κ1) is 17.5. The fourth-order valence-electron chi connectivity index (χ4n) is 2.66. The van der Waals surface area contributed by atoms with Crippen LogP contribution in [0.15, 0.2) is 87.8 Å². The van der Waals surface area contributed by atoms with E-state index in [0.717, 1.165) is 11.1 Å². The molecule has 1 N–H and O–H groups in total. The number of rotatable bonds is 3. The third-order valence-electron chi connectivity index (χ3n) is 3.96.